The zero-order chi connectivity index (χ0) is 17.3. The summed E-state index contributed by atoms with van der Waals surface area (Å²) in [5, 5.41) is 7.01. The van der Waals surface area contributed by atoms with Gasteiger partial charge in [0, 0.05) is 17.5 Å². The highest BCUT2D eigenvalue weighted by Gasteiger charge is 2.46. The third-order valence-electron chi connectivity index (χ3n) is 5.84. The number of para-hydroxylation sites is 1. The lowest BCUT2D eigenvalue weighted by Gasteiger charge is -2.23. The van der Waals surface area contributed by atoms with E-state index >= 15 is 0 Å². The first-order valence-corrected chi connectivity index (χ1v) is 9.58. The van der Waals surface area contributed by atoms with Gasteiger partial charge in [-0.15, -0.1) is 24.0 Å². The molecule has 6 heteroatoms. The minimum Gasteiger partial charge on any atom is -0.496 e. The van der Waals surface area contributed by atoms with Gasteiger partial charge in [0.25, 0.3) is 0 Å². The van der Waals surface area contributed by atoms with Gasteiger partial charge in [0.05, 0.1) is 31.9 Å². The van der Waals surface area contributed by atoms with Crippen LogP contribution in [-0.2, 0) is 10.2 Å². The summed E-state index contributed by atoms with van der Waals surface area (Å²) >= 11 is 0. The molecule has 2 saturated heterocycles. The van der Waals surface area contributed by atoms with Crippen LogP contribution in [-0.4, -0.2) is 44.4 Å². The van der Waals surface area contributed by atoms with Gasteiger partial charge in [0.1, 0.15) is 5.75 Å². The van der Waals surface area contributed by atoms with Gasteiger partial charge in [0.2, 0.25) is 0 Å². The van der Waals surface area contributed by atoms with Crippen molar-refractivity contribution < 1.29 is 9.47 Å². The molecule has 144 valence electrons. The van der Waals surface area contributed by atoms with Crippen LogP contribution in [0.15, 0.2) is 29.3 Å². The Morgan fingerprint density at radius 2 is 2.12 bits per heavy atom. The summed E-state index contributed by atoms with van der Waals surface area (Å²) in [6.07, 6.45) is 6.65. The summed E-state index contributed by atoms with van der Waals surface area (Å²) in [6, 6.07) is 8.76. The van der Waals surface area contributed by atoms with Crippen LogP contribution < -0.4 is 15.4 Å². The third kappa shape index (κ3) is 3.96. The molecular formula is C20H30IN3O2. The summed E-state index contributed by atoms with van der Waals surface area (Å²) in [5.41, 5.74) is 1.43. The Hall–Kier alpha value is -1.02. The molecule has 1 aliphatic carbocycles. The second kappa shape index (κ2) is 8.33. The number of benzene rings is 1. The molecule has 3 atom stereocenters. The Kier molecular flexibility index (Phi) is 6.33. The lowest BCUT2D eigenvalue weighted by atomic mass is 9.95. The first-order chi connectivity index (χ1) is 12.2. The molecule has 3 aliphatic rings. The number of fused-ring (bicyclic) bond motifs is 2. The van der Waals surface area contributed by atoms with Crippen LogP contribution in [0.5, 0.6) is 5.75 Å². The topological polar surface area (TPSA) is 54.9 Å². The zero-order valence-electron chi connectivity index (χ0n) is 15.7. The fraction of sp³-hybridized carbons (Fsp3) is 0.650. The van der Waals surface area contributed by atoms with E-state index in [9.17, 15) is 0 Å². The fourth-order valence-corrected chi connectivity index (χ4v) is 4.26. The van der Waals surface area contributed by atoms with E-state index in [1.807, 2.05) is 6.07 Å². The number of nitrogens with one attached hydrogen (secondary N) is 2. The SMILES string of the molecule is CCNC(=NCC1(c2ccccc2OC)CC1)NC1CC2CCC1O2.I. The number of methoxy groups -OCH3 is 1. The Morgan fingerprint density at radius 1 is 1.31 bits per heavy atom. The average molecular weight is 471 g/mol. The van der Waals surface area contributed by atoms with Crippen molar-refractivity contribution in [3.8, 4) is 5.75 Å². The van der Waals surface area contributed by atoms with E-state index in [1.165, 1.54) is 31.2 Å². The van der Waals surface area contributed by atoms with Gasteiger partial charge >= 0.3 is 0 Å². The number of hydrogen-bond donors (Lipinski definition) is 2. The number of guanidine groups is 1. The number of hydrogen-bond acceptors (Lipinski definition) is 3. The van der Waals surface area contributed by atoms with E-state index in [1.54, 1.807) is 7.11 Å². The summed E-state index contributed by atoms with van der Waals surface area (Å²) in [5.74, 6) is 1.90. The number of aliphatic imine (C=N–C) groups is 1. The molecule has 0 aromatic heterocycles. The molecule has 2 heterocycles. The first-order valence-electron chi connectivity index (χ1n) is 9.58. The predicted molar refractivity (Wildman–Crippen MR) is 115 cm³/mol. The fourth-order valence-electron chi connectivity index (χ4n) is 4.26. The molecule has 0 spiro atoms. The molecule has 26 heavy (non-hydrogen) atoms. The van der Waals surface area contributed by atoms with Crippen molar-refractivity contribution in [1.29, 1.82) is 0 Å². The Morgan fingerprint density at radius 3 is 2.73 bits per heavy atom. The highest BCUT2D eigenvalue weighted by atomic mass is 127. The van der Waals surface area contributed by atoms with Crippen molar-refractivity contribution in [2.24, 2.45) is 4.99 Å². The molecule has 0 amide bonds. The second-order valence-electron chi connectivity index (χ2n) is 7.54. The standard InChI is InChI=1S/C20H29N3O2.HI/c1-3-21-19(23-16-12-14-8-9-18(16)25-14)22-13-20(10-11-20)15-6-4-5-7-17(15)24-2;/h4-7,14,16,18H,3,8-13H2,1-2H3,(H2,21,22,23);1H. The van der Waals surface area contributed by atoms with Crippen LogP contribution >= 0.6 is 24.0 Å². The van der Waals surface area contributed by atoms with Crippen molar-refractivity contribution in [2.75, 3.05) is 20.2 Å². The van der Waals surface area contributed by atoms with Crippen LogP contribution in [0.25, 0.3) is 0 Å². The average Bonchev–Trinajstić information content (AvgIpc) is 3.14. The third-order valence-corrected chi connectivity index (χ3v) is 5.84. The van der Waals surface area contributed by atoms with E-state index in [2.05, 4.69) is 35.8 Å². The van der Waals surface area contributed by atoms with Crippen LogP contribution in [0.1, 0.15) is 44.6 Å². The minimum atomic E-state index is 0. The summed E-state index contributed by atoms with van der Waals surface area (Å²) in [4.78, 5) is 4.93. The maximum absolute atomic E-state index is 5.96. The van der Waals surface area contributed by atoms with Crippen LogP contribution in [0.3, 0.4) is 0 Å². The number of ether oxygens (including phenoxy) is 2. The van der Waals surface area contributed by atoms with Gasteiger partial charge < -0.3 is 20.1 Å². The van der Waals surface area contributed by atoms with E-state index in [0.717, 1.165) is 31.2 Å². The summed E-state index contributed by atoms with van der Waals surface area (Å²) in [7, 11) is 1.75. The van der Waals surface area contributed by atoms with E-state index in [4.69, 9.17) is 14.5 Å². The first kappa shape index (κ1) is 19.7. The van der Waals surface area contributed by atoms with Gasteiger partial charge in [-0.2, -0.15) is 0 Å². The number of rotatable bonds is 6. The van der Waals surface area contributed by atoms with E-state index in [0.29, 0.717) is 18.2 Å². The molecule has 1 aromatic carbocycles. The van der Waals surface area contributed by atoms with Gasteiger partial charge in [-0.05, 0) is 45.1 Å². The highest BCUT2D eigenvalue weighted by molar-refractivity contribution is 14.0. The summed E-state index contributed by atoms with van der Waals surface area (Å²) < 4.78 is 11.5. The normalized spacial score (nSPS) is 28.4. The van der Waals surface area contributed by atoms with Crippen molar-refractivity contribution in [1.82, 2.24) is 10.6 Å². The molecular weight excluding hydrogens is 441 g/mol. The maximum Gasteiger partial charge on any atom is 0.191 e. The molecule has 0 radical (unpaired) electrons. The summed E-state index contributed by atoms with van der Waals surface area (Å²) in [6.45, 7) is 3.78. The molecule has 4 rings (SSSR count). The van der Waals surface area contributed by atoms with Gasteiger partial charge in [-0.3, -0.25) is 4.99 Å². The Balaban J connectivity index is 0.00000196. The van der Waals surface area contributed by atoms with Crippen LogP contribution in [0.2, 0.25) is 0 Å². The Labute approximate surface area is 173 Å². The monoisotopic (exact) mass is 471 g/mol. The van der Waals surface area contributed by atoms with Crippen LogP contribution in [0, 0.1) is 0 Å². The second-order valence-corrected chi connectivity index (χ2v) is 7.54. The van der Waals surface area contributed by atoms with Crippen molar-refractivity contribution in [3.05, 3.63) is 29.8 Å². The van der Waals surface area contributed by atoms with Gasteiger partial charge in [-0.25, -0.2) is 0 Å². The molecule has 3 unspecified atom stereocenters. The Bertz CT molecular complexity index is 648. The molecule has 3 fully saturated rings. The van der Waals surface area contributed by atoms with Crippen molar-refractivity contribution in [2.45, 2.75) is 62.7 Å². The quantitative estimate of drug-likeness (QED) is 0.380. The highest BCUT2D eigenvalue weighted by Crippen LogP contribution is 2.51. The number of halogens is 1. The zero-order valence-corrected chi connectivity index (χ0v) is 18.0. The van der Waals surface area contributed by atoms with E-state index in [-0.39, 0.29) is 29.4 Å². The molecule has 5 nitrogen and oxygen atoms in total. The lowest BCUT2D eigenvalue weighted by Crippen LogP contribution is -2.47. The maximum atomic E-state index is 5.96. The largest absolute Gasteiger partial charge is 0.496 e. The van der Waals surface area contributed by atoms with Crippen molar-refractivity contribution in [3.63, 3.8) is 0 Å². The number of nitrogens with zero attached hydrogens (tertiary/aromatic N) is 1. The van der Waals surface area contributed by atoms with Gasteiger partial charge in [0.15, 0.2) is 5.96 Å². The van der Waals surface area contributed by atoms with Crippen molar-refractivity contribution >= 4 is 29.9 Å². The van der Waals surface area contributed by atoms with E-state index < -0.39 is 0 Å². The molecule has 1 saturated carbocycles. The molecule has 2 aliphatic heterocycles. The molecule has 2 N–H and O–H groups in total. The molecule has 2 bridgehead atoms. The minimum absolute atomic E-state index is 0. The van der Waals surface area contributed by atoms with Gasteiger partial charge in [-0.1, -0.05) is 18.2 Å². The molecule has 1 aromatic rings. The van der Waals surface area contributed by atoms with Crippen LogP contribution in [0.4, 0.5) is 0 Å². The smallest absolute Gasteiger partial charge is 0.191 e. The predicted octanol–water partition coefficient (Wildman–Crippen LogP) is 3.22. The lowest BCUT2D eigenvalue weighted by molar-refractivity contribution is 0.0992.